The molecule has 0 N–H and O–H groups in total. The average molecular weight is 270 g/mol. The van der Waals surface area contributed by atoms with Gasteiger partial charge in [-0.3, -0.25) is 0 Å². The summed E-state index contributed by atoms with van der Waals surface area (Å²) in [6, 6.07) is 17.9. The number of rotatable bonds is 3. The highest BCUT2D eigenvalue weighted by Gasteiger charge is 2.38. The molecule has 0 radical (unpaired) electrons. The molecule has 104 valence electrons. The highest BCUT2D eigenvalue weighted by molar-refractivity contribution is 5.37. The van der Waals surface area contributed by atoms with Gasteiger partial charge in [-0.15, -0.1) is 0 Å². The molecular formula is C17H18O3. The summed E-state index contributed by atoms with van der Waals surface area (Å²) in [6.07, 6.45) is 0.921. The van der Waals surface area contributed by atoms with E-state index in [2.05, 4.69) is 0 Å². The van der Waals surface area contributed by atoms with Crippen molar-refractivity contribution in [3.63, 3.8) is 0 Å². The summed E-state index contributed by atoms with van der Waals surface area (Å²) < 4.78 is 17.3. The van der Waals surface area contributed by atoms with Crippen molar-refractivity contribution < 1.29 is 14.2 Å². The van der Waals surface area contributed by atoms with Gasteiger partial charge >= 0.3 is 0 Å². The highest BCUT2D eigenvalue weighted by atomic mass is 16.7. The maximum atomic E-state index is 6.05. The average Bonchev–Trinajstić information content (AvgIpc) is 2.56. The topological polar surface area (TPSA) is 27.7 Å². The lowest BCUT2D eigenvalue weighted by atomic mass is 9.96. The number of hydrogen-bond acceptors (Lipinski definition) is 3. The minimum absolute atomic E-state index is 0.695. The molecule has 20 heavy (non-hydrogen) atoms. The van der Waals surface area contributed by atoms with E-state index in [1.54, 1.807) is 7.11 Å². The van der Waals surface area contributed by atoms with E-state index in [0.29, 0.717) is 13.2 Å². The SMILES string of the molecule is COc1ccc(C2(c3ccccc3)OCCCO2)cc1. The minimum atomic E-state index is -0.800. The van der Waals surface area contributed by atoms with Crippen LogP contribution in [0.2, 0.25) is 0 Å². The van der Waals surface area contributed by atoms with Crippen molar-refractivity contribution in [1.29, 1.82) is 0 Å². The van der Waals surface area contributed by atoms with Crippen LogP contribution in [0.25, 0.3) is 0 Å². The first-order chi connectivity index (χ1) is 9.85. The van der Waals surface area contributed by atoms with Crippen LogP contribution in [0.1, 0.15) is 17.5 Å². The van der Waals surface area contributed by atoms with E-state index in [9.17, 15) is 0 Å². The molecule has 0 spiro atoms. The van der Waals surface area contributed by atoms with Crippen LogP contribution in [-0.4, -0.2) is 20.3 Å². The Bertz CT molecular complexity index is 542. The van der Waals surface area contributed by atoms with Crippen molar-refractivity contribution in [2.24, 2.45) is 0 Å². The molecule has 1 saturated heterocycles. The maximum absolute atomic E-state index is 6.05. The quantitative estimate of drug-likeness (QED) is 0.856. The molecule has 1 aliphatic heterocycles. The lowest BCUT2D eigenvalue weighted by Crippen LogP contribution is -2.39. The molecule has 2 aromatic rings. The zero-order valence-electron chi connectivity index (χ0n) is 11.5. The van der Waals surface area contributed by atoms with Crippen LogP contribution in [0.3, 0.4) is 0 Å². The van der Waals surface area contributed by atoms with Crippen molar-refractivity contribution in [3.8, 4) is 5.75 Å². The second kappa shape index (κ2) is 5.65. The number of benzene rings is 2. The van der Waals surface area contributed by atoms with Gasteiger partial charge in [0.25, 0.3) is 0 Å². The summed E-state index contributed by atoms with van der Waals surface area (Å²) in [7, 11) is 1.66. The predicted octanol–water partition coefficient (Wildman–Crippen LogP) is 3.33. The van der Waals surface area contributed by atoms with Crippen molar-refractivity contribution in [3.05, 3.63) is 65.7 Å². The van der Waals surface area contributed by atoms with Crippen LogP contribution < -0.4 is 4.74 Å². The lowest BCUT2D eigenvalue weighted by Gasteiger charge is -2.38. The molecule has 0 aromatic heterocycles. The van der Waals surface area contributed by atoms with E-state index >= 15 is 0 Å². The van der Waals surface area contributed by atoms with Crippen LogP contribution in [0.5, 0.6) is 5.75 Å². The Kier molecular flexibility index (Phi) is 3.72. The first kappa shape index (κ1) is 13.2. The van der Waals surface area contributed by atoms with Gasteiger partial charge in [-0.1, -0.05) is 30.3 Å². The molecule has 1 aliphatic rings. The molecule has 0 atom stereocenters. The summed E-state index contributed by atoms with van der Waals surface area (Å²) in [5.74, 6) is 0.0268. The molecule has 0 bridgehead atoms. The van der Waals surface area contributed by atoms with Crippen molar-refractivity contribution in [2.75, 3.05) is 20.3 Å². The fraction of sp³-hybridized carbons (Fsp3) is 0.294. The molecule has 0 aliphatic carbocycles. The summed E-state index contributed by atoms with van der Waals surface area (Å²) in [6.45, 7) is 1.39. The second-order valence-corrected chi connectivity index (χ2v) is 4.76. The minimum Gasteiger partial charge on any atom is -0.497 e. The fourth-order valence-corrected chi connectivity index (χ4v) is 2.50. The fourth-order valence-electron chi connectivity index (χ4n) is 2.50. The summed E-state index contributed by atoms with van der Waals surface area (Å²) >= 11 is 0. The van der Waals surface area contributed by atoms with E-state index < -0.39 is 5.79 Å². The van der Waals surface area contributed by atoms with Gasteiger partial charge in [0.2, 0.25) is 5.79 Å². The molecule has 2 aromatic carbocycles. The summed E-state index contributed by atoms with van der Waals surface area (Å²) in [5.41, 5.74) is 2.01. The Balaban J connectivity index is 2.05. The maximum Gasteiger partial charge on any atom is 0.222 e. The predicted molar refractivity (Wildman–Crippen MR) is 76.7 cm³/mol. The smallest absolute Gasteiger partial charge is 0.222 e. The van der Waals surface area contributed by atoms with Gasteiger partial charge in [0.05, 0.1) is 20.3 Å². The van der Waals surface area contributed by atoms with Crippen LogP contribution in [-0.2, 0) is 15.3 Å². The van der Waals surface area contributed by atoms with Gasteiger partial charge in [0, 0.05) is 11.1 Å². The third-order valence-electron chi connectivity index (χ3n) is 3.52. The molecule has 0 unspecified atom stereocenters. The Hall–Kier alpha value is -1.84. The van der Waals surface area contributed by atoms with E-state index in [0.717, 1.165) is 23.3 Å². The molecule has 0 saturated carbocycles. The molecule has 0 amide bonds. The Labute approximate surface area is 119 Å². The number of methoxy groups -OCH3 is 1. The van der Waals surface area contributed by atoms with Gasteiger partial charge in [-0.05, 0) is 30.7 Å². The molecular weight excluding hydrogens is 252 g/mol. The zero-order valence-corrected chi connectivity index (χ0v) is 11.5. The molecule has 3 rings (SSSR count). The summed E-state index contributed by atoms with van der Waals surface area (Å²) in [4.78, 5) is 0. The molecule has 1 heterocycles. The largest absolute Gasteiger partial charge is 0.497 e. The van der Waals surface area contributed by atoms with Crippen LogP contribution >= 0.6 is 0 Å². The monoisotopic (exact) mass is 270 g/mol. The van der Waals surface area contributed by atoms with Gasteiger partial charge in [0.1, 0.15) is 5.75 Å². The van der Waals surface area contributed by atoms with E-state index in [4.69, 9.17) is 14.2 Å². The van der Waals surface area contributed by atoms with Crippen LogP contribution in [0.4, 0.5) is 0 Å². The highest BCUT2D eigenvalue weighted by Crippen LogP contribution is 2.38. The normalized spacial score (nSPS) is 17.6. The van der Waals surface area contributed by atoms with Gasteiger partial charge in [-0.25, -0.2) is 0 Å². The van der Waals surface area contributed by atoms with E-state index in [-0.39, 0.29) is 0 Å². The first-order valence-electron chi connectivity index (χ1n) is 6.83. The van der Waals surface area contributed by atoms with Gasteiger partial charge in [0.15, 0.2) is 0 Å². The third kappa shape index (κ3) is 2.30. The summed E-state index contributed by atoms with van der Waals surface area (Å²) in [5, 5.41) is 0. The van der Waals surface area contributed by atoms with E-state index in [1.807, 2.05) is 54.6 Å². The Morgan fingerprint density at radius 3 is 2.05 bits per heavy atom. The van der Waals surface area contributed by atoms with Gasteiger partial charge < -0.3 is 14.2 Å². The van der Waals surface area contributed by atoms with Gasteiger partial charge in [-0.2, -0.15) is 0 Å². The number of hydrogen-bond donors (Lipinski definition) is 0. The van der Waals surface area contributed by atoms with E-state index in [1.165, 1.54) is 0 Å². The molecule has 3 nitrogen and oxygen atoms in total. The molecule has 3 heteroatoms. The van der Waals surface area contributed by atoms with Crippen LogP contribution in [0, 0.1) is 0 Å². The first-order valence-corrected chi connectivity index (χ1v) is 6.83. The second-order valence-electron chi connectivity index (χ2n) is 4.76. The lowest BCUT2D eigenvalue weighted by molar-refractivity contribution is -0.249. The number of ether oxygens (including phenoxy) is 3. The Morgan fingerprint density at radius 1 is 0.850 bits per heavy atom. The Morgan fingerprint density at radius 2 is 1.45 bits per heavy atom. The van der Waals surface area contributed by atoms with Crippen molar-refractivity contribution in [2.45, 2.75) is 12.2 Å². The zero-order chi connectivity index (χ0) is 13.8. The molecule has 1 fully saturated rings. The standard InChI is InChI=1S/C17H18O3/c1-18-16-10-8-15(9-11-16)17(19-12-5-13-20-17)14-6-3-2-4-7-14/h2-4,6-11H,5,12-13H2,1H3. The van der Waals surface area contributed by atoms with Crippen molar-refractivity contribution in [1.82, 2.24) is 0 Å². The van der Waals surface area contributed by atoms with Crippen LogP contribution in [0.15, 0.2) is 54.6 Å². The third-order valence-corrected chi connectivity index (χ3v) is 3.52. The van der Waals surface area contributed by atoms with Crippen molar-refractivity contribution >= 4 is 0 Å².